The lowest BCUT2D eigenvalue weighted by Gasteiger charge is -2.30. The maximum Gasteiger partial charge on any atom is 0.0546 e. The van der Waals surface area contributed by atoms with E-state index in [9.17, 15) is 0 Å². The summed E-state index contributed by atoms with van der Waals surface area (Å²) in [6.45, 7) is 0. The van der Waals surface area contributed by atoms with Gasteiger partial charge in [-0.05, 0) is 85.1 Å². The molecule has 0 aliphatic carbocycles. The molecular formula is C48H33N. The summed E-state index contributed by atoms with van der Waals surface area (Å²) in [5.41, 5.74) is 10.6. The fourth-order valence-corrected chi connectivity index (χ4v) is 7.31. The Morgan fingerprint density at radius 3 is 1.61 bits per heavy atom. The summed E-state index contributed by atoms with van der Waals surface area (Å²) < 4.78 is 0. The van der Waals surface area contributed by atoms with Crippen LogP contribution in [-0.2, 0) is 0 Å². The van der Waals surface area contributed by atoms with Gasteiger partial charge in [0.25, 0.3) is 0 Å². The van der Waals surface area contributed by atoms with E-state index in [1.807, 2.05) is 0 Å². The number of fused-ring (bicyclic) bond motifs is 4. The molecule has 0 fully saturated rings. The van der Waals surface area contributed by atoms with Crippen LogP contribution in [0.2, 0.25) is 0 Å². The van der Waals surface area contributed by atoms with E-state index in [0.29, 0.717) is 0 Å². The maximum atomic E-state index is 2.45. The third-order valence-corrected chi connectivity index (χ3v) is 9.64. The number of nitrogens with zero attached hydrogens (tertiary/aromatic N) is 1. The van der Waals surface area contributed by atoms with Gasteiger partial charge in [0.2, 0.25) is 0 Å². The van der Waals surface area contributed by atoms with Gasteiger partial charge in [0.1, 0.15) is 0 Å². The molecule has 0 N–H and O–H groups in total. The highest BCUT2D eigenvalue weighted by Gasteiger charge is 2.21. The van der Waals surface area contributed by atoms with Crippen LogP contribution in [0, 0.1) is 0 Å². The molecule has 0 aliphatic heterocycles. The molecule has 0 atom stereocenters. The SMILES string of the molecule is c1ccc(-c2ccc(N(c3ccccc3-c3cccc(-c4cccc5ccccc45)c3)c3cc4ccccc4c4ccccc34)cc2)cc1. The van der Waals surface area contributed by atoms with Crippen molar-refractivity contribution in [3.05, 3.63) is 200 Å². The second kappa shape index (κ2) is 12.3. The first-order valence-corrected chi connectivity index (χ1v) is 16.9. The summed E-state index contributed by atoms with van der Waals surface area (Å²) in [4.78, 5) is 2.45. The van der Waals surface area contributed by atoms with E-state index in [1.165, 1.54) is 65.7 Å². The van der Waals surface area contributed by atoms with E-state index >= 15 is 0 Å². The molecule has 0 radical (unpaired) electrons. The number of rotatable bonds is 6. The zero-order chi connectivity index (χ0) is 32.6. The van der Waals surface area contributed by atoms with E-state index in [2.05, 4.69) is 205 Å². The Labute approximate surface area is 287 Å². The summed E-state index contributed by atoms with van der Waals surface area (Å²) in [6, 6.07) is 72.5. The number of hydrogen-bond acceptors (Lipinski definition) is 1. The number of para-hydroxylation sites is 1. The van der Waals surface area contributed by atoms with Crippen molar-refractivity contribution in [1.82, 2.24) is 0 Å². The minimum atomic E-state index is 1.11. The summed E-state index contributed by atoms with van der Waals surface area (Å²) in [5, 5.41) is 7.46. The van der Waals surface area contributed by atoms with Gasteiger partial charge < -0.3 is 4.90 Å². The Morgan fingerprint density at radius 2 is 0.796 bits per heavy atom. The van der Waals surface area contributed by atoms with Crippen LogP contribution in [0.25, 0.3) is 65.7 Å². The number of hydrogen-bond donors (Lipinski definition) is 0. The standard InChI is InChI=1S/C48H33N/c1-2-14-34(15-3-1)35-28-30-40(31-29-35)49(48-33-39-17-5-7-22-43(39)45-24-8-9-25-46(45)48)47-27-11-10-23-44(47)38-20-12-19-37(32-38)42-26-13-18-36-16-4-6-21-41(36)42/h1-33H. The van der Waals surface area contributed by atoms with Gasteiger partial charge in [-0.1, -0.05) is 170 Å². The molecule has 49 heavy (non-hydrogen) atoms. The Morgan fingerprint density at radius 1 is 0.265 bits per heavy atom. The van der Waals surface area contributed by atoms with Crippen molar-refractivity contribution in [3.8, 4) is 33.4 Å². The Kier molecular flexibility index (Phi) is 7.22. The van der Waals surface area contributed by atoms with Gasteiger partial charge in [-0.3, -0.25) is 0 Å². The molecule has 0 aliphatic rings. The van der Waals surface area contributed by atoms with Crippen molar-refractivity contribution in [2.24, 2.45) is 0 Å². The van der Waals surface area contributed by atoms with Crippen LogP contribution in [0.3, 0.4) is 0 Å². The molecule has 0 aromatic heterocycles. The fraction of sp³-hybridized carbons (Fsp3) is 0. The molecule has 9 aromatic carbocycles. The smallest absolute Gasteiger partial charge is 0.0546 e. The zero-order valence-electron chi connectivity index (χ0n) is 27.0. The molecule has 0 bridgehead atoms. The van der Waals surface area contributed by atoms with Gasteiger partial charge in [0.15, 0.2) is 0 Å². The van der Waals surface area contributed by atoms with E-state index < -0.39 is 0 Å². The Hall–Kier alpha value is -6.44. The second-order valence-electron chi connectivity index (χ2n) is 12.5. The summed E-state index contributed by atoms with van der Waals surface area (Å²) >= 11 is 0. The minimum Gasteiger partial charge on any atom is -0.309 e. The molecule has 0 unspecified atom stereocenters. The van der Waals surface area contributed by atoms with Crippen LogP contribution in [0.5, 0.6) is 0 Å². The lowest BCUT2D eigenvalue weighted by Crippen LogP contribution is -2.12. The predicted octanol–water partition coefficient (Wildman–Crippen LogP) is 13.6. The average molecular weight is 624 g/mol. The third-order valence-electron chi connectivity index (χ3n) is 9.64. The first-order chi connectivity index (χ1) is 24.3. The van der Waals surface area contributed by atoms with Crippen LogP contribution < -0.4 is 4.90 Å². The van der Waals surface area contributed by atoms with E-state index in [1.54, 1.807) is 0 Å². The number of benzene rings is 9. The maximum absolute atomic E-state index is 2.45. The van der Waals surface area contributed by atoms with E-state index in [0.717, 1.165) is 17.1 Å². The summed E-state index contributed by atoms with van der Waals surface area (Å²) in [7, 11) is 0. The Balaban J connectivity index is 1.27. The molecule has 9 aromatic rings. The average Bonchev–Trinajstić information content (AvgIpc) is 3.19. The van der Waals surface area contributed by atoms with Gasteiger partial charge in [0, 0.05) is 16.6 Å². The number of anilines is 3. The quantitative estimate of drug-likeness (QED) is 0.167. The van der Waals surface area contributed by atoms with Crippen molar-refractivity contribution in [2.45, 2.75) is 0 Å². The second-order valence-corrected chi connectivity index (χ2v) is 12.5. The van der Waals surface area contributed by atoms with Crippen LogP contribution in [0.1, 0.15) is 0 Å². The highest BCUT2D eigenvalue weighted by atomic mass is 15.1. The summed E-state index contributed by atoms with van der Waals surface area (Å²) in [5.74, 6) is 0. The topological polar surface area (TPSA) is 3.24 Å². The highest BCUT2D eigenvalue weighted by Crippen LogP contribution is 2.46. The lowest BCUT2D eigenvalue weighted by molar-refractivity contribution is 1.30. The minimum absolute atomic E-state index is 1.11. The molecule has 230 valence electrons. The largest absolute Gasteiger partial charge is 0.309 e. The zero-order valence-corrected chi connectivity index (χ0v) is 27.0. The highest BCUT2D eigenvalue weighted by molar-refractivity contribution is 6.15. The van der Waals surface area contributed by atoms with Crippen molar-refractivity contribution in [2.75, 3.05) is 4.90 Å². The Bertz CT molecular complexity index is 2590. The van der Waals surface area contributed by atoms with Crippen molar-refractivity contribution < 1.29 is 0 Å². The van der Waals surface area contributed by atoms with Crippen molar-refractivity contribution >= 4 is 49.4 Å². The van der Waals surface area contributed by atoms with Gasteiger partial charge in [-0.25, -0.2) is 0 Å². The monoisotopic (exact) mass is 623 g/mol. The lowest BCUT2D eigenvalue weighted by atomic mass is 9.94. The van der Waals surface area contributed by atoms with Gasteiger partial charge >= 0.3 is 0 Å². The van der Waals surface area contributed by atoms with Crippen molar-refractivity contribution in [3.63, 3.8) is 0 Å². The van der Waals surface area contributed by atoms with Crippen LogP contribution in [0.15, 0.2) is 200 Å². The fourth-order valence-electron chi connectivity index (χ4n) is 7.31. The van der Waals surface area contributed by atoms with Crippen LogP contribution >= 0.6 is 0 Å². The van der Waals surface area contributed by atoms with Crippen LogP contribution in [0.4, 0.5) is 17.1 Å². The van der Waals surface area contributed by atoms with Gasteiger partial charge in [-0.15, -0.1) is 0 Å². The van der Waals surface area contributed by atoms with Gasteiger partial charge in [-0.2, -0.15) is 0 Å². The molecule has 0 spiro atoms. The molecule has 0 saturated carbocycles. The molecular weight excluding hydrogens is 591 g/mol. The van der Waals surface area contributed by atoms with Crippen molar-refractivity contribution in [1.29, 1.82) is 0 Å². The third kappa shape index (κ3) is 5.23. The van der Waals surface area contributed by atoms with E-state index in [-0.39, 0.29) is 0 Å². The van der Waals surface area contributed by atoms with Crippen LogP contribution in [-0.4, -0.2) is 0 Å². The summed E-state index contributed by atoms with van der Waals surface area (Å²) in [6.07, 6.45) is 0. The molecule has 1 nitrogen and oxygen atoms in total. The first kappa shape index (κ1) is 28.8. The van der Waals surface area contributed by atoms with Gasteiger partial charge in [0.05, 0.1) is 11.4 Å². The molecule has 0 heterocycles. The predicted molar refractivity (Wildman–Crippen MR) is 210 cm³/mol. The van der Waals surface area contributed by atoms with E-state index in [4.69, 9.17) is 0 Å². The molecule has 0 amide bonds. The normalized spacial score (nSPS) is 11.3. The molecule has 9 rings (SSSR count). The molecule has 1 heteroatoms. The molecule has 0 saturated heterocycles. The first-order valence-electron chi connectivity index (χ1n) is 16.9.